The van der Waals surface area contributed by atoms with E-state index in [0.29, 0.717) is 6.42 Å². The predicted molar refractivity (Wildman–Crippen MR) is 71.7 cm³/mol. The van der Waals surface area contributed by atoms with Crippen LogP contribution in [0.5, 0.6) is 11.5 Å². The van der Waals surface area contributed by atoms with E-state index in [1.54, 1.807) is 19.2 Å². The smallest absolute Gasteiger partial charge is 0.123 e. The Bertz CT molecular complexity index is 525. The number of benzene rings is 2. The molecular formula is C15H17NO2. The Kier molecular flexibility index (Phi) is 3.85. The van der Waals surface area contributed by atoms with Crippen LogP contribution in [0.1, 0.15) is 17.2 Å². The quantitative estimate of drug-likeness (QED) is 0.868. The number of phenolic OH excluding ortho intramolecular Hbond substituents is 1. The third-order valence-corrected chi connectivity index (χ3v) is 2.90. The maximum Gasteiger partial charge on any atom is 0.123 e. The topological polar surface area (TPSA) is 55.5 Å². The molecule has 0 bridgehead atoms. The number of hydrogen-bond acceptors (Lipinski definition) is 3. The third kappa shape index (κ3) is 2.81. The van der Waals surface area contributed by atoms with Gasteiger partial charge in [-0.1, -0.05) is 30.3 Å². The van der Waals surface area contributed by atoms with Crippen molar-refractivity contribution in [1.82, 2.24) is 0 Å². The molecule has 0 aliphatic carbocycles. The van der Waals surface area contributed by atoms with Gasteiger partial charge >= 0.3 is 0 Å². The lowest BCUT2D eigenvalue weighted by molar-refractivity contribution is 0.405. The van der Waals surface area contributed by atoms with Gasteiger partial charge in [0.25, 0.3) is 0 Å². The molecule has 3 nitrogen and oxygen atoms in total. The Morgan fingerprint density at radius 2 is 1.94 bits per heavy atom. The summed E-state index contributed by atoms with van der Waals surface area (Å²) >= 11 is 0. The number of hydrogen-bond donors (Lipinski definition) is 2. The zero-order valence-electron chi connectivity index (χ0n) is 10.3. The summed E-state index contributed by atoms with van der Waals surface area (Å²) in [5.41, 5.74) is 8.17. The monoisotopic (exact) mass is 243 g/mol. The van der Waals surface area contributed by atoms with Gasteiger partial charge in [0, 0.05) is 11.6 Å². The van der Waals surface area contributed by atoms with Crippen molar-refractivity contribution in [1.29, 1.82) is 0 Å². The summed E-state index contributed by atoms with van der Waals surface area (Å²) in [4.78, 5) is 0. The average Bonchev–Trinajstić information content (AvgIpc) is 2.38. The van der Waals surface area contributed by atoms with Crippen molar-refractivity contribution in [3.05, 3.63) is 59.7 Å². The summed E-state index contributed by atoms with van der Waals surface area (Å²) in [6.07, 6.45) is 0.661. The molecule has 0 saturated heterocycles. The molecule has 1 atom stereocenters. The lowest BCUT2D eigenvalue weighted by atomic mass is 9.99. The van der Waals surface area contributed by atoms with Gasteiger partial charge in [0.05, 0.1) is 7.11 Å². The van der Waals surface area contributed by atoms with Crippen LogP contribution in [0.25, 0.3) is 0 Å². The number of nitrogens with two attached hydrogens (primary N) is 1. The van der Waals surface area contributed by atoms with E-state index >= 15 is 0 Å². The predicted octanol–water partition coefficient (Wildman–Crippen LogP) is 2.64. The Labute approximate surface area is 107 Å². The van der Waals surface area contributed by atoms with Crippen molar-refractivity contribution in [2.75, 3.05) is 7.11 Å². The molecule has 2 aromatic rings. The van der Waals surface area contributed by atoms with E-state index in [-0.39, 0.29) is 11.8 Å². The van der Waals surface area contributed by atoms with Crippen LogP contribution in [0.3, 0.4) is 0 Å². The van der Waals surface area contributed by atoms with Crippen molar-refractivity contribution in [3.8, 4) is 11.5 Å². The van der Waals surface area contributed by atoms with Gasteiger partial charge in [-0.05, 0) is 30.2 Å². The van der Waals surface area contributed by atoms with Crippen LogP contribution in [-0.2, 0) is 6.42 Å². The first-order valence-electron chi connectivity index (χ1n) is 5.87. The fourth-order valence-electron chi connectivity index (χ4n) is 2.02. The highest BCUT2D eigenvalue weighted by Gasteiger charge is 2.12. The molecule has 3 N–H and O–H groups in total. The van der Waals surface area contributed by atoms with E-state index in [9.17, 15) is 5.11 Å². The second kappa shape index (κ2) is 5.56. The van der Waals surface area contributed by atoms with Gasteiger partial charge in [-0.25, -0.2) is 0 Å². The summed E-state index contributed by atoms with van der Waals surface area (Å²) in [6.45, 7) is 0. The maximum absolute atomic E-state index is 9.43. The number of ether oxygens (including phenoxy) is 1. The minimum absolute atomic E-state index is 0.150. The third-order valence-electron chi connectivity index (χ3n) is 2.90. The first-order chi connectivity index (χ1) is 8.70. The normalized spacial score (nSPS) is 12.1. The molecule has 0 aliphatic heterocycles. The Morgan fingerprint density at radius 3 is 2.67 bits per heavy atom. The first-order valence-corrected chi connectivity index (χ1v) is 5.87. The molecule has 0 spiro atoms. The van der Waals surface area contributed by atoms with Gasteiger partial charge in [-0.2, -0.15) is 0 Å². The Hall–Kier alpha value is -2.00. The van der Waals surface area contributed by atoms with Gasteiger partial charge in [-0.15, -0.1) is 0 Å². The van der Waals surface area contributed by atoms with Gasteiger partial charge in [-0.3, -0.25) is 0 Å². The van der Waals surface area contributed by atoms with E-state index in [1.165, 1.54) is 0 Å². The van der Waals surface area contributed by atoms with E-state index in [0.717, 1.165) is 16.9 Å². The minimum Gasteiger partial charge on any atom is -0.508 e. The van der Waals surface area contributed by atoms with Crippen LogP contribution < -0.4 is 10.5 Å². The lowest BCUT2D eigenvalue weighted by Gasteiger charge is -2.15. The number of aromatic hydroxyl groups is 1. The molecule has 0 heterocycles. The second-order valence-corrected chi connectivity index (χ2v) is 4.22. The summed E-state index contributed by atoms with van der Waals surface area (Å²) in [6, 6.07) is 14.7. The molecule has 0 fully saturated rings. The number of methoxy groups -OCH3 is 1. The summed E-state index contributed by atoms with van der Waals surface area (Å²) in [7, 11) is 1.64. The average molecular weight is 243 g/mol. The van der Waals surface area contributed by atoms with E-state index < -0.39 is 0 Å². The van der Waals surface area contributed by atoms with Crippen molar-refractivity contribution in [2.24, 2.45) is 5.73 Å². The Balaban J connectivity index is 2.19. The maximum atomic E-state index is 9.43. The van der Waals surface area contributed by atoms with Crippen LogP contribution in [0.2, 0.25) is 0 Å². The highest BCUT2D eigenvalue weighted by atomic mass is 16.5. The van der Waals surface area contributed by atoms with Gasteiger partial charge < -0.3 is 15.6 Å². The van der Waals surface area contributed by atoms with Crippen LogP contribution in [0.4, 0.5) is 0 Å². The standard InChI is InChI=1S/C15H17NO2/c1-18-15-8-3-2-7-13(15)14(16)10-11-5-4-6-12(17)9-11/h2-9,14,17H,10,16H2,1H3. The van der Waals surface area contributed by atoms with Gasteiger partial charge in [0.2, 0.25) is 0 Å². The van der Waals surface area contributed by atoms with Crippen LogP contribution in [-0.4, -0.2) is 12.2 Å². The zero-order chi connectivity index (χ0) is 13.0. The molecule has 0 aliphatic rings. The highest BCUT2D eigenvalue weighted by molar-refractivity contribution is 5.37. The van der Waals surface area contributed by atoms with E-state index in [2.05, 4.69) is 0 Å². The number of rotatable bonds is 4. The SMILES string of the molecule is COc1ccccc1C(N)Cc1cccc(O)c1. The first kappa shape index (κ1) is 12.5. The van der Waals surface area contributed by atoms with Crippen molar-refractivity contribution < 1.29 is 9.84 Å². The zero-order valence-corrected chi connectivity index (χ0v) is 10.3. The molecular weight excluding hydrogens is 226 g/mol. The molecule has 1 unspecified atom stereocenters. The van der Waals surface area contributed by atoms with Gasteiger partial charge in [0.1, 0.15) is 11.5 Å². The van der Waals surface area contributed by atoms with Crippen LogP contribution in [0, 0.1) is 0 Å². The summed E-state index contributed by atoms with van der Waals surface area (Å²) in [5.74, 6) is 1.06. The lowest BCUT2D eigenvalue weighted by Crippen LogP contribution is -2.14. The molecule has 0 radical (unpaired) electrons. The van der Waals surface area contributed by atoms with E-state index in [1.807, 2.05) is 36.4 Å². The molecule has 0 amide bonds. The Morgan fingerprint density at radius 1 is 1.17 bits per heavy atom. The number of para-hydroxylation sites is 1. The molecule has 0 saturated carbocycles. The van der Waals surface area contributed by atoms with Crippen molar-refractivity contribution in [3.63, 3.8) is 0 Å². The fraction of sp³-hybridized carbons (Fsp3) is 0.200. The number of phenols is 1. The molecule has 2 rings (SSSR count). The summed E-state index contributed by atoms with van der Waals surface area (Å²) in [5, 5.41) is 9.43. The second-order valence-electron chi connectivity index (χ2n) is 4.22. The fourth-order valence-corrected chi connectivity index (χ4v) is 2.02. The van der Waals surface area contributed by atoms with Crippen LogP contribution in [0.15, 0.2) is 48.5 Å². The van der Waals surface area contributed by atoms with Crippen molar-refractivity contribution in [2.45, 2.75) is 12.5 Å². The molecule has 2 aromatic carbocycles. The van der Waals surface area contributed by atoms with Crippen molar-refractivity contribution >= 4 is 0 Å². The summed E-state index contributed by atoms with van der Waals surface area (Å²) < 4.78 is 5.30. The van der Waals surface area contributed by atoms with Crippen LogP contribution >= 0.6 is 0 Å². The molecule has 94 valence electrons. The molecule has 0 aromatic heterocycles. The van der Waals surface area contributed by atoms with E-state index in [4.69, 9.17) is 10.5 Å². The highest BCUT2D eigenvalue weighted by Crippen LogP contribution is 2.26. The largest absolute Gasteiger partial charge is 0.508 e. The molecule has 18 heavy (non-hydrogen) atoms. The van der Waals surface area contributed by atoms with Gasteiger partial charge in [0.15, 0.2) is 0 Å². The molecule has 3 heteroatoms. The minimum atomic E-state index is -0.150.